The first-order valence-electron chi connectivity index (χ1n) is 8.51. The van der Waals surface area contributed by atoms with Gasteiger partial charge in [-0.2, -0.15) is 0 Å². The van der Waals surface area contributed by atoms with Crippen LogP contribution in [0.4, 0.5) is 11.4 Å². The third-order valence-corrected chi connectivity index (χ3v) is 5.20. The minimum absolute atomic E-state index is 0.282. The quantitative estimate of drug-likeness (QED) is 0.210. The SMILES string of the molecule is N=C(Nc1cccc2ccccc12)SC(=S)Nc1cccc2ccccc12. The molecule has 0 aliphatic rings. The van der Waals surface area contributed by atoms with Crippen molar-refractivity contribution in [2.24, 2.45) is 0 Å². The molecule has 3 N–H and O–H groups in total. The van der Waals surface area contributed by atoms with E-state index in [1.54, 1.807) is 0 Å². The van der Waals surface area contributed by atoms with Crippen molar-refractivity contribution < 1.29 is 0 Å². The number of thioether (sulfide) groups is 1. The van der Waals surface area contributed by atoms with E-state index < -0.39 is 0 Å². The molecule has 0 aromatic heterocycles. The lowest BCUT2D eigenvalue weighted by atomic mass is 10.1. The van der Waals surface area contributed by atoms with Crippen LogP contribution in [0, 0.1) is 5.41 Å². The summed E-state index contributed by atoms with van der Waals surface area (Å²) in [4.78, 5) is 0. The van der Waals surface area contributed by atoms with Crippen LogP contribution in [-0.2, 0) is 0 Å². The molecule has 4 aromatic rings. The predicted octanol–water partition coefficient (Wildman–Crippen LogP) is 6.47. The smallest absolute Gasteiger partial charge is 0.165 e. The maximum absolute atomic E-state index is 8.28. The summed E-state index contributed by atoms with van der Waals surface area (Å²) in [5.74, 6) is 0. The average molecular weight is 388 g/mol. The summed E-state index contributed by atoms with van der Waals surface area (Å²) in [6, 6.07) is 28.3. The summed E-state index contributed by atoms with van der Waals surface area (Å²) < 4.78 is 0.532. The van der Waals surface area contributed by atoms with Crippen LogP contribution in [-0.4, -0.2) is 9.49 Å². The predicted molar refractivity (Wildman–Crippen MR) is 123 cm³/mol. The van der Waals surface area contributed by atoms with Crippen molar-refractivity contribution in [1.29, 1.82) is 5.41 Å². The Morgan fingerprint density at radius 3 is 1.74 bits per heavy atom. The van der Waals surface area contributed by atoms with Gasteiger partial charge in [-0.05, 0) is 34.7 Å². The summed E-state index contributed by atoms with van der Waals surface area (Å²) in [6.07, 6.45) is 0. The Morgan fingerprint density at radius 1 is 0.667 bits per heavy atom. The highest BCUT2D eigenvalue weighted by Crippen LogP contribution is 2.26. The number of thiocarbonyl (C=S) groups is 1. The molecule has 0 fully saturated rings. The molecule has 4 aromatic carbocycles. The normalized spacial score (nSPS) is 10.7. The Labute approximate surface area is 167 Å². The van der Waals surface area contributed by atoms with Gasteiger partial charge in [0.25, 0.3) is 0 Å². The lowest BCUT2D eigenvalue weighted by Gasteiger charge is -2.13. The average Bonchev–Trinajstić information content (AvgIpc) is 2.68. The molecule has 5 heteroatoms. The van der Waals surface area contributed by atoms with E-state index in [1.165, 1.54) is 11.8 Å². The summed E-state index contributed by atoms with van der Waals surface area (Å²) in [6.45, 7) is 0. The van der Waals surface area contributed by atoms with Crippen LogP contribution in [0.5, 0.6) is 0 Å². The van der Waals surface area contributed by atoms with Gasteiger partial charge in [0, 0.05) is 22.1 Å². The van der Waals surface area contributed by atoms with E-state index in [1.807, 2.05) is 54.6 Å². The Morgan fingerprint density at radius 2 is 1.15 bits per heavy atom. The van der Waals surface area contributed by atoms with E-state index in [9.17, 15) is 0 Å². The topological polar surface area (TPSA) is 47.9 Å². The third kappa shape index (κ3) is 3.94. The zero-order valence-electron chi connectivity index (χ0n) is 14.4. The number of amidine groups is 1. The van der Waals surface area contributed by atoms with Crippen molar-refractivity contribution in [3.63, 3.8) is 0 Å². The molecule has 3 nitrogen and oxygen atoms in total. The fraction of sp³-hybridized carbons (Fsp3) is 0. The van der Waals surface area contributed by atoms with Gasteiger partial charge in [-0.1, -0.05) is 85.0 Å². The third-order valence-electron chi connectivity index (χ3n) is 4.26. The first-order valence-corrected chi connectivity index (χ1v) is 9.73. The summed E-state index contributed by atoms with van der Waals surface area (Å²) in [5, 5.41) is 19.5. The number of nitrogens with one attached hydrogen (secondary N) is 3. The molecule has 0 amide bonds. The highest BCUT2D eigenvalue weighted by Gasteiger charge is 2.08. The maximum atomic E-state index is 8.28. The second kappa shape index (κ2) is 7.78. The molecule has 132 valence electrons. The van der Waals surface area contributed by atoms with Crippen molar-refractivity contribution in [3.8, 4) is 0 Å². The summed E-state index contributed by atoms with van der Waals surface area (Å²) in [7, 11) is 0. The van der Waals surface area contributed by atoms with E-state index in [0.29, 0.717) is 4.32 Å². The molecular formula is C22H17N3S2. The van der Waals surface area contributed by atoms with Crippen molar-refractivity contribution in [2.45, 2.75) is 0 Å². The summed E-state index contributed by atoms with van der Waals surface area (Å²) >= 11 is 6.66. The zero-order chi connectivity index (χ0) is 18.6. The fourth-order valence-corrected chi connectivity index (χ4v) is 3.91. The van der Waals surface area contributed by atoms with Crippen molar-refractivity contribution in [3.05, 3.63) is 84.9 Å². The van der Waals surface area contributed by atoms with Gasteiger partial charge in [0.1, 0.15) is 4.32 Å². The van der Waals surface area contributed by atoms with Crippen molar-refractivity contribution in [2.75, 3.05) is 10.6 Å². The van der Waals surface area contributed by atoms with Gasteiger partial charge >= 0.3 is 0 Å². The second-order valence-corrected chi connectivity index (χ2v) is 7.71. The van der Waals surface area contributed by atoms with Crippen LogP contribution in [0.2, 0.25) is 0 Å². The first-order chi connectivity index (χ1) is 13.2. The van der Waals surface area contributed by atoms with Crippen molar-refractivity contribution in [1.82, 2.24) is 0 Å². The number of hydrogen-bond donors (Lipinski definition) is 3. The van der Waals surface area contributed by atoms with E-state index >= 15 is 0 Å². The van der Waals surface area contributed by atoms with Crippen LogP contribution < -0.4 is 10.6 Å². The van der Waals surface area contributed by atoms with Gasteiger partial charge < -0.3 is 10.6 Å². The molecular weight excluding hydrogens is 370 g/mol. The molecule has 0 aliphatic carbocycles. The molecule has 0 aliphatic heterocycles. The van der Waals surface area contributed by atoms with Crippen LogP contribution in [0.15, 0.2) is 84.9 Å². The highest BCUT2D eigenvalue weighted by molar-refractivity contribution is 8.33. The van der Waals surface area contributed by atoms with Gasteiger partial charge in [0.05, 0.1) is 0 Å². The van der Waals surface area contributed by atoms with Gasteiger partial charge in [-0.25, -0.2) is 0 Å². The van der Waals surface area contributed by atoms with Crippen LogP contribution in [0.1, 0.15) is 0 Å². The number of fused-ring (bicyclic) bond motifs is 2. The van der Waals surface area contributed by atoms with Gasteiger partial charge in [-0.3, -0.25) is 5.41 Å². The molecule has 0 bridgehead atoms. The van der Waals surface area contributed by atoms with E-state index in [2.05, 4.69) is 41.0 Å². The van der Waals surface area contributed by atoms with E-state index in [-0.39, 0.29) is 5.17 Å². The van der Waals surface area contributed by atoms with E-state index in [4.69, 9.17) is 17.6 Å². The molecule has 0 heterocycles. The molecule has 0 unspecified atom stereocenters. The standard InChI is InChI=1S/C22H17N3S2/c23-21(24-19-13-5-9-15-7-1-3-11-17(15)19)27-22(26)25-20-14-6-10-16-8-2-4-12-18(16)20/h1-14H,(H2,23,24)(H,25,26). The molecule has 0 spiro atoms. The lowest BCUT2D eigenvalue weighted by molar-refractivity contribution is 1.53. The monoisotopic (exact) mass is 387 g/mol. The fourth-order valence-electron chi connectivity index (χ4n) is 3.04. The molecule has 27 heavy (non-hydrogen) atoms. The number of rotatable bonds is 2. The number of benzene rings is 4. The Kier molecular flexibility index (Phi) is 5.05. The molecule has 0 radical (unpaired) electrons. The van der Waals surface area contributed by atoms with Gasteiger partial charge in [0.2, 0.25) is 0 Å². The summed E-state index contributed by atoms with van der Waals surface area (Å²) in [5.41, 5.74) is 1.85. The van der Waals surface area contributed by atoms with Crippen LogP contribution in [0.3, 0.4) is 0 Å². The Bertz CT molecular complexity index is 1050. The second-order valence-electron chi connectivity index (χ2n) is 6.02. The largest absolute Gasteiger partial charge is 0.340 e. The van der Waals surface area contributed by atoms with Crippen molar-refractivity contribution >= 4 is 66.4 Å². The van der Waals surface area contributed by atoms with Crippen LogP contribution in [0.25, 0.3) is 21.5 Å². The maximum Gasteiger partial charge on any atom is 0.165 e. The molecule has 0 saturated heterocycles. The molecule has 0 atom stereocenters. The number of hydrogen-bond acceptors (Lipinski definition) is 3. The molecule has 0 saturated carbocycles. The zero-order valence-corrected chi connectivity index (χ0v) is 16.0. The molecule has 4 rings (SSSR count). The minimum Gasteiger partial charge on any atom is -0.340 e. The van der Waals surface area contributed by atoms with Crippen LogP contribution >= 0.6 is 24.0 Å². The minimum atomic E-state index is 0.282. The van der Waals surface area contributed by atoms with Gasteiger partial charge in [0.15, 0.2) is 5.17 Å². The Hall–Kier alpha value is -2.89. The van der Waals surface area contributed by atoms with E-state index in [0.717, 1.165) is 32.9 Å². The Balaban J connectivity index is 1.47. The van der Waals surface area contributed by atoms with Gasteiger partial charge in [-0.15, -0.1) is 0 Å². The lowest BCUT2D eigenvalue weighted by Crippen LogP contribution is -2.13. The first kappa shape index (κ1) is 17.5. The number of anilines is 2. The highest BCUT2D eigenvalue weighted by atomic mass is 32.2.